The Hall–Kier alpha value is -2.15. The molecule has 0 bridgehead atoms. The number of oxazole rings is 1. The van der Waals surface area contributed by atoms with Gasteiger partial charge in [0.15, 0.2) is 0 Å². The van der Waals surface area contributed by atoms with Crippen molar-refractivity contribution in [3.05, 3.63) is 29.5 Å². The molecule has 0 radical (unpaired) electrons. The van der Waals surface area contributed by atoms with E-state index in [1.807, 2.05) is 22.4 Å². The Balaban J connectivity index is 1.27. The van der Waals surface area contributed by atoms with Crippen molar-refractivity contribution in [2.24, 2.45) is 5.92 Å². The quantitative estimate of drug-likeness (QED) is 0.890. The minimum absolute atomic E-state index is 0.0676. The highest BCUT2D eigenvalue weighted by atomic mass is 32.1. The van der Waals surface area contributed by atoms with Crippen molar-refractivity contribution in [1.82, 2.24) is 15.2 Å². The molecule has 0 atom stereocenters. The number of nitrogens with zero attached hydrogens (tertiary/aromatic N) is 2. The highest BCUT2D eigenvalue weighted by Crippen LogP contribution is 2.29. The minimum Gasteiger partial charge on any atom is -0.444 e. The number of likely N-dealkylation sites (tertiary alicyclic amines) is 1. The lowest BCUT2D eigenvalue weighted by atomic mass is 10.0. The van der Waals surface area contributed by atoms with Crippen LogP contribution in [0.15, 0.2) is 28.2 Å². The van der Waals surface area contributed by atoms with Gasteiger partial charge in [-0.05, 0) is 37.1 Å². The molecule has 7 heteroatoms. The first kappa shape index (κ1) is 16.3. The maximum absolute atomic E-state index is 12.5. The molecule has 1 aliphatic heterocycles. The number of piperidine rings is 1. The summed E-state index contributed by atoms with van der Waals surface area (Å²) in [5.41, 5.74) is 0.664. The lowest BCUT2D eigenvalue weighted by Crippen LogP contribution is -2.47. The summed E-state index contributed by atoms with van der Waals surface area (Å²) >= 11 is 1.56. The zero-order valence-corrected chi connectivity index (χ0v) is 14.8. The topological polar surface area (TPSA) is 75.4 Å². The smallest absolute Gasteiger partial charge is 0.236 e. The third-order valence-electron chi connectivity index (χ3n) is 4.76. The fourth-order valence-corrected chi connectivity index (χ4v) is 3.76. The molecule has 1 N–H and O–H groups in total. The van der Waals surface area contributed by atoms with Crippen LogP contribution in [0.4, 0.5) is 0 Å². The Morgan fingerprint density at radius 1 is 1.28 bits per heavy atom. The first-order valence-corrected chi connectivity index (χ1v) is 9.63. The summed E-state index contributed by atoms with van der Waals surface area (Å²) in [6.07, 6.45) is 5.51. The average Bonchev–Trinajstić information content (AvgIpc) is 3.13. The van der Waals surface area contributed by atoms with Gasteiger partial charge in [-0.2, -0.15) is 0 Å². The van der Waals surface area contributed by atoms with Crippen LogP contribution in [-0.2, 0) is 16.0 Å². The third kappa shape index (κ3) is 3.92. The van der Waals surface area contributed by atoms with Crippen LogP contribution in [0.25, 0.3) is 10.8 Å². The molecule has 2 aliphatic rings. The first-order chi connectivity index (χ1) is 12.2. The lowest BCUT2D eigenvalue weighted by Gasteiger charge is -2.32. The van der Waals surface area contributed by atoms with Crippen LogP contribution in [0, 0.1) is 5.92 Å². The Kier molecular flexibility index (Phi) is 4.57. The van der Waals surface area contributed by atoms with Crippen LogP contribution in [0.1, 0.15) is 31.4 Å². The van der Waals surface area contributed by atoms with Gasteiger partial charge in [-0.1, -0.05) is 6.07 Å². The predicted octanol–water partition coefficient (Wildman–Crippen LogP) is 2.46. The van der Waals surface area contributed by atoms with Crippen LogP contribution in [0.2, 0.25) is 0 Å². The molecule has 2 aromatic heterocycles. The molecular weight excluding hydrogens is 338 g/mol. The number of hydrogen-bond donors (Lipinski definition) is 1. The predicted molar refractivity (Wildman–Crippen MR) is 94.0 cm³/mol. The van der Waals surface area contributed by atoms with Gasteiger partial charge in [-0.3, -0.25) is 9.59 Å². The summed E-state index contributed by atoms with van der Waals surface area (Å²) in [6, 6.07) is 4.10. The average molecular weight is 359 g/mol. The standard InChI is InChI=1S/C18H21N3O3S/c22-16(10-14-11-24-18(20-14)15-2-1-9-25-15)21-7-5-13(6-8-21)19-17(23)12-3-4-12/h1-2,9,11-13H,3-8,10H2,(H,19,23). The number of rotatable bonds is 5. The molecule has 1 aliphatic carbocycles. The minimum atomic E-state index is 0.0676. The van der Waals surface area contributed by atoms with E-state index in [0.29, 0.717) is 24.7 Å². The highest BCUT2D eigenvalue weighted by molar-refractivity contribution is 7.13. The molecule has 0 unspecified atom stereocenters. The van der Waals surface area contributed by atoms with Gasteiger partial charge >= 0.3 is 0 Å². The second kappa shape index (κ2) is 7.00. The number of aromatic nitrogens is 1. The first-order valence-electron chi connectivity index (χ1n) is 8.75. The lowest BCUT2D eigenvalue weighted by molar-refractivity contribution is -0.131. The molecule has 3 heterocycles. The Labute approximate surface area is 150 Å². The van der Waals surface area contributed by atoms with E-state index in [0.717, 1.165) is 30.6 Å². The highest BCUT2D eigenvalue weighted by Gasteiger charge is 2.32. The van der Waals surface area contributed by atoms with Gasteiger partial charge in [0, 0.05) is 25.0 Å². The van der Waals surface area contributed by atoms with E-state index in [4.69, 9.17) is 4.42 Å². The normalized spacial score (nSPS) is 18.3. The van der Waals surface area contributed by atoms with Gasteiger partial charge in [0.05, 0.1) is 17.0 Å². The van der Waals surface area contributed by atoms with Crippen molar-refractivity contribution in [2.75, 3.05) is 13.1 Å². The molecule has 2 amide bonds. The van der Waals surface area contributed by atoms with Crippen molar-refractivity contribution in [3.8, 4) is 10.8 Å². The van der Waals surface area contributed by atoms with E-state index in [-0.39, 0.29) is 30.2 Å². The molecule has 2 fully saturated rings. The van der Waals surface area contributed by atoms with E-state index in [9.17, 15) is 9.59 Å². The monoisotopic (exact) mass is 359 g/mol. The number of carbonyl (C=O) groups is 2. The molecule has 1 saturated heterocycles. The van der Waals surface area contributed by atoms with E-state index in [1.54, 1.807) is 17.6 Å². The number of hydrogen-bond acceptors (Lipinski definition) is 5. The molecule has 0 spiro atoms. The zero-order valence-electron chi connectivity index (χ0n) is 13.9. The summed E-state index contributed by atoms with van der Waals surface area (Å²) < 4.78 is 5.47. The van der Waals surface area contributed by atoms with Crippen molar-refractivity contribution >= 4 is 23.2 Å². The van der Waals surface area contributed by atoms with Crippen LogP contribution in [0.3, 0.4) is 0 Å². The van der Waals surface area contributed by atoms with Crippen molar-refractivity contribution in [1.29, 1.82) is 0 Å². The van der Waals surface area contributed by atoms with Crippen molar-refractivity contribution in [3.63, 3.8) is 0 Å². The number of amides is 2. The van der Waals surface area contributed by atoms with E-state index >= 15 is 0 Å². The van der Waals surface area contributed by atoms with Gasteiger partial charge < -0.3 is 14.6 Å². The molecule has 1 saturated carbocycles. The number of carbonyl (C=O) groups excluding carboxylic acids is 2. The fraction of sp³-hybridized carbons (Fsp3) is 0.500. The van der Waals surface area contributed by atoms with Gasteiger partial charge in [-0.15, -0.1) is 11.3 Å². The number of thiophene rings is 1. The van der Waals surface area contributed by atoms with E-state index in [1.165, 1.54) is 0 Å². The maximum atomic E-state index is 12.5. The van der Waals surface area contributed by atoms with Crippen LogP contribution in [-0.4, -0.2) is 40.8 Å². The van der Waals surface area contributed by atoms with E-state index < -0.39 is 0 Å². The van der Waals surface area contributed by atoms with E-state index in [2.05, 4.69) is 10.3 Å². The fourth-order valence-electron chi connectivity index (χ4n) is 3.11. The summed E-state index contributed by atoms with van der Waals surface area (Å²) in [7, 11) is 0. The van der Waals surface area contributed by atoms with Crippen molar-refractivity contribution < 1.29 is 14.0 Å². The molecule has 4 rings (SSSR count). The zero-order chi connectivity index (χ0) is 17.2. The van der Waals surface area contributed by atoms with Gasteiger partial charge in [-0.25, -0.2) is 4.98 Å². The second-order valence-electron chi connectivity index (χ2n) is 6.74. The maximum Gasteiger partial charge on any atom is 0.236 e. The second-order valence-corrected chi connectivity index (χ2v) is 7.68. The summed E-state index contributed by atoms with van der Waals surface area (Å²) in [6.45, 7) is 1.37. The third-order valence-corrected chi connectivity index (χ3v) is 5.62. The van der Waals surface area contributed by atoms with Gasteiger partial charge in [0.2, 0.25) is 17.7 Å². The molecule has 2 aromatic rings. The molecular formula is C18H21N3O3S. The van der Waals surface area contributed by atoms with Crippen LogP contribution in [0.5, 0.6) is 0 Å². The molecule has 132 valence electrons. The Morgan fingerprint density at radius 3 is 2.76 bits per heavy atom. The van der Waals surface area contributed by atoms with Crippen LogP contribution < -0.4 is 5.32 Å². The summed E-state index contributed by atoms with van der Waals surface area (Å²) in [5, 5.41) is 5.07. The Morgan fingerprint density at radius 2 is 2.08 bits per heavy atom. The molecule has 0 aromatic carbocycles. The van der Waals surface area contributed by atoms with Gasteiger partial charge in [0.1, 0.15) is 6.26 Å². The van der Waals surface area contributed by atoms with Gasteiger partial charge in [0.25, 0.3) is 0 Å². The summed E-state index contributed by atoms with van der Waals surface area (Å²) in [5.74, 6) is 1.06. The van der Waals surface area contributed by atoms with Crippen LogP contribution >= 0.6 is 11.3 Å². The number of nitrogens with one attached hydrogen (secondary N) is 1. The van der Waals surface area contributed by atoms with Crippen molar-refractivity contribution in [2.45, 2.75) is 38.1 Å². The summed E-state index contributed by atoms with van der Waals surface area (Å²) in [4.78, 5) is 31.5. The molecule has 6 nitrogen and oxygen atoms in total. The molecule has 25 heavy (non-hydrogen) atoms. The SMILES string of the molecule is O=C(NC1CCN(C(=O)Cc2coc(-c3cccs3)n2)CC1)C1CC1. The largest absolute Gasteiger partial charge is 0.444 e. The Bertz CT molecular complexity index is 743.